The number of rotatable bonds is 6. The average molecular weight is 509 g/mol. The Kier molecular flexibility index (Phi) is 6.05. The van der Waals surface area contributed by atoms with Gasteiger partial charge in [0.25, 0.3) is 0 Å². The fourth-order valence-electron chi connectivity index (χ4n) is 5.52. The lowest BCUT2D eigenvalue weighted by atomic mass is 9.82. The molecule has 0 spiro atoms. The van der Waals surface area contributed by atoms with Crippen molar-refractivity contribution in [2.45, 2.75) is 51.8 Å². The zero-order chi connectivity index (χ0) is 25.8. The van der Waals surface area contributed by atoms with Gasteiger partial charge < -0.3 is 14.7 Å². The SMILES string of the molecule is Cc1ncnc(N2C[C@H]3CC[C@@H](C2)C3Cc2nc3c(OCC(F)(F)F)ccc(C(C)(C)O)n3n2)c1F. The third-order valence-electron chi connectivity index (χ3n) is 7.20. The molecule has 5 rings (SSSR count). The third-order valence-corrected chi connectivity index (χ3v) is 7.20. The number of aliphatic hydroxyl groups is 1. The molecule has 0 radical (unpaired) electrons. The van der Waals surface area contributed by atoms with Crippen LogP contribution in [0.5, 0.6) is 5.75 Å². The monoisotopic (exact) mass is 508 g/mol. The summed E-state index contributed by atoms with van der Waals surface area (Å²) in [6, 6.07) is 2.88. The molecule has 1 saturated heterocycles. The largest absolute Gasteiger partial charge is 0.480 e. The normalized spacial score (nSPS) is 22.4. The summed E-state index contributed by atoms with van der Waals surface area (Å²) in [5.41, 5.74) is -0.453. The molecule has 1 aliphatic carbocycles. The second-order valence-corrected chi connectivity index (χ2v) is 10.3. The predicted molar refractivity (Wildman–Crippen MR) is 122 cm³/mol. The van der Waals surface area contributed by atoms with Crippen molar-refractivity contribution < 1.29 is 27.4 Å². The highest BCUT2D eigenvalue weighted by Gasteiger charge is 2.43. The van der Waals surface area contributed by atoms with Crippen LogP contribution in [-0.2, 0) is 12.0 Å². The summed E-state index contributed by atoms with van der Waals surface area (Å²) in [5.74, 6) is 1.15. The molecule has 8 nitrogen and oxygen atoms in total. The van der Waals surface area contributed by atoms with Gasteiger partial charge in [0.2, 0.25) is 0 Å². The number of aryl methyl sites for hydroxylation is 1. The number of hydrogen-bond donors (Lipinski definition) is 1. The maximum absolute atomic E-state index is 14.6. The van der Waals surface area contributed by atoms with Crippen LogP contribution in [0.2, 0.25) is 0 Å². The third kappa shape index (κ3) is 4.70. The minimum atomic E-state index is -4.50. The molecule has 0 aromatic carbocycles. The topological polar surface area (TPSA) is 88.7 Å². The molecule has 3 aromatic heterocycles. The first kappa shape index (κ1) is 24.7. The molecule has 3 atom stereocenters. The number of hydrogen-bond acceptors (Lipinski definition) is 7. The van der Waals surface area contributed by atoms with Gasteiger partial charge in [0, 0.05) is 19.5 Å². The molecule has 3 aromatic rings. The zero-order valence-corrected chi connectivity index (χ0v) is 20.3. The summed E-state index contributed by atoms with van der Waals surface area (Å²) in [6.07, 6.45) is -0.621. The Morgan fingerprint density at radius 2 is 1.81 bits per heavy atom. The summed E-state index contributed by atoms with van der Waals surface area (Å²) < 4.78 is 59.3. The highest BCUT2D eigenvalue weighted by Crippen LogP contribution is 2.44. The Morgan fingerprint density at radius 3 is 2.44 bits per heavy atom. The smallest absolute Gasteiger partial charge is 0.422 e. The fraction of sp³-hybridized carbons (Fsp3) is 0.583. The molecule has 1 unspecified atom stereocenters. The van der Waals surface area contributed by atoms with Gasteiger partial charge in [0.15, 0.2) is 35.5 Å². The van der Waals surface area contributed by atoms with Gasteiger partial charge in [-0.05, 0) is 63.5 Å². The van der Waals surface area contributed by atoms with Crippen LogP contribution in [0.4, 0.5) is 23.4 Å². The average Bonchev–Trinajstić information content (AvgIpc) is 3.29. The number of fused-ring (bicyclic) bond motifs is 3. The number of piperidine rings is 1. The first-order chi connectivity index (χ1) is 16.9. The Labute approximate surface area is 205 Å². The number of pyridine rings is 1. The van der Waals surface area contributed by atoms with E-state index in [9.17, 15) is 22.7 Å². The Hall–Kier alpha value is -3.02. The van der Waals surface area contributed by atoms with Gasteiger partial charge in [-0.2, -0.15) is 18.3 Å². The molecule has 1 N–H and O–H groups in total. The summed E-state index contributed by atoms with van der Waals surface area (Å²) >= 11 is 0. The van der Waals surface area contributed by atoms with Crippen molar-refractivity contribution in [3.05, 3.63) is 41.5 Å². The Balaban J connectivity index is 1.41. The van der Waals surface area contributed by atoms with Gasteiger partial charge >= 0.3 is 6.18 Å². The van der Waals surface area contributed by atoms with Crippen molar-refractivity contribution in [1.82, 2.24) is 24.6 Å². The first-order valence-electron chi connectivity index (χ1n) is 11.9. The highest BCUT2D eigenvalue weighted by molar-refractivity contribution is 5.55. The lowest BCUT2D eigenvalue weighted by Gasteiger charge is -2.38. The fourth-order valence-corrected chi connectivity index (χ4v) is 5.52. The van der Waals surface area contributed by atoms with E-state index in [1.165, 1.54) is 23.0 Å². The van der Waals surface area contributed by atoms with Crippen molar-refractivity contribution in [2.75, 3.05) is 24.6 Å². The van der Waals surface area contributed by atoms with Crippen LogP contribution >= 0.6 is 0 Å². The van der Waals surface area contributed by atoms with E-state index in [1.54, 1.807) is 20.8 Å². The molecule has 2 aliphatic rings. The van der Waals surface area contributed by atoms with Crippen molar-refractivity contribution in [2.24, 2.45) is 17.8 Å². The molecule has 1 saturated carbocycles. The number of aromatic nitrogens is 5. The van der Waals surface area contributed by atoms with Gasteiger partial charge in [-0.25, -0.2) is 23.9 Å². The highest BCUT2D eigenvalue weighted by atomic mass is 19.4. The number of anilines is 1. The van der Waals surface area contributed by atoms with Crippen LogP contribution < -0.4 is 9.64 Å². The standard InChI is InChI=1S/C24H28F4N6O2/c1-13-20(25)22(30-12-29-13)33-9-14-4-5-15(10-33)16(14)8-19-31-21-17(36-11-24(26,27)28)6-7-18(23(2,3)35)34(21)32-19/h6-7,12,14-16,35H,4-5,8-11H2,1-3H3/t14-,15+,16?. The lowest BCUT2D eigenvalue weighted by molar-refractivity contribution is -0.153. The van der Waals surface area contributed by atoms with Crippen LogP contribution in [0.25, 0.3) is 5.65 Å². The van der Waals surface area contributed by atoms with Crippen LogP contribution in [-0.4, -0.2) is 55.5 Å². The molecule has 36 heavy (non-hydrogen) atoms. The van der Waals surface area contributed by atoms with Gasteiger partial charge in [-0.3, -0.25) is 0 Å². The van der Waals surface area contributed by atoms with Crippen LogP contribution in [0.15, 0.2) is 18.5 Å². The maximum Gasteiger partial charge on any atom is 0.422 e. The number of alkyl halides is 3. The van der Waals surface area contributed by atoms with Crippen molar-refractivity contribution >= 4 is 11.5 Å². The summed E-state index contributed by atoms with van der Waals surface area (Å²) in [5, 5.41) is 15.2. The van der Waals surface area contributed by atoms with Gasteiger partial charge in [-0.1, -0.05) is 0 Å². The number of ether oxygens (including phenoxy) is 1. The summed E-state index contributed by atoms with van der Waals surface area (Å²) in [7, 11) is 0. The predicted octanol–water partition coefficient (Wildman–Crippen LogP) is 3.84. The van der Waals surface area contributed by atoms with E-state index < -0.39 is 24.2 Å². The summed E-state index contributed by atoms with van der Waals surface area (Å²) in [6.45, 7) is 4.61. The van der Waals surface area contributed by atoms with E-state index in [0.29, 0.717) is 42.5 Å². The molecule has 0 amide bonds. The molecular formula is C24H28F4N6O2. The lowest BCUT2D eigenvalue weighted by Crippen LogP contribution is -2.43. The van der Waals surface area contributed by atoms with Crippen LogP contribution in [0.1, 0.15) is 43.9 Å². The molecule has 194 valence electrons. The van der Waals surface area contributed by atoms with E-state index in [2.05, 4.69) is 20.1 Å². The minimum Gasteiger partial charge on any atom is -0.480 e. The second kappa shape index (κ2) is 8.82. The van der Waals surface area contributed by atoms with Crippen LogP contribution in [0.3, 0.4) is 0 Å². The molecule has 1 aliphatic heterocycles. The number of halogens is 4. The van der Waals surface area contributed by atoms with E-state index in [1.807, 2.05) is 4.90 Å². The Morgan fingerprint density at radius 1 is 1.11 bits per heavy atom. The van der Waals surface area contributed by atoms with Gasteiger partial charge in [-0.15, -0.1) is 0 Å². The van der Waals surface area contributed by atoms with Crippen molar-refractivity contribution in [3.8, 4) is 5.75 Å². The maximum atomic E-state index is 14.6. The van der Waals surface area contributed by atoms with E-state index in [0.717, 1.165) is 12.8 Å². The van der Waals surface area contributed by atoms with Gasteiger partial charge in [0.05, 0.1) is 11.4 Å². The van der Waals surface area contributed by atoms with E-state index in [-0.39, 0.29) is 29.2 Å². The molecule has 2 bridgehead atoms. The Bertz CT molecular complexity index is 1260. The second-order valence-electron chi connectivity index (χ2n) is 10.3. The van der Waals surface area contributed by atoms with E-state index in [4.69, 9.17) is 4.74 Å². The quantitative estimate of drug-likeness (QED) is 0.506. The number of nitrogens with zero attached hydrogens (tertiary/aromatic N) is 6. The van der Waals surface area contributed by atoms with Crippen molar-refractivity contribution in [3.63, 3.8) is 0 Å². The van der Waals surface area contributed by atoms with Gasteiger partial charge in [0.1, 0.15) is 11.9 Å². The first-order valence-corrected chi connectivity index (χ1v) is 11.9. The molecule has 4 heterocycles. The minimum absolute atomic E-state index is 0.0496. The molecule has 2 fully saturated rings. The summed E-state index contributed by atoms with van der Waals surface area (Å²) in [4.78, 5) is 14.6. The molecular weight excluding hydrogens is 480 g/mol. The zero-order valence-electron chi connectivity index (χ0n) is 20.3. The van der Waals surface area contributed by atoms with Crippen molar-refractivity contribution in [1.29, 1.82) is 0 Å². The molecule has 12 heteroatoms. The van der Waals surface area contributed by atoms with E-state index >= 15 is 0 Å². The van der Waals surface area contributed by atoms with Crippen LogP contribution in [0, 0.1) is 30.5 Å².